The Hall–Kier alpha value is -3.20. The maximum Gasteiger partial charge on any atom is 0.226 e. The van der Waals surface area contributed by atoms with E-state index >= 15 is 0 Å². The van der Waals surface area contributed by atoms with Crippen LogP contribution in [0.25, 0.3) is 11.0 Å². The molecule has 0 saturated carbocycles. The highest BCUT2D eigenvalue weighted by Gasteiger charge is 2.15. The maximum absolute atomic E-state index is 6.19. The summed E-state index contributed by atoms with van der Waals surface area (Å²) in [5.41, 5.74) is 2.93. The number of anilines is 3. The molecule has 0 atom stereocenters. The highest BCUT2D eigenvalue weighted by atomic mass is 35.5. The summed E-state index contributed by atoms with van der Waals surface area (Å²) in [6.07, 6.45) is 2.70. The van der Waals surface area contributed by atoms with Crippen molar-refractivity contribution in [2.75, 3.05) is 50.0 Å². The zero-order valence-electron chi connectivity index (χ0n) is 19.0. The van der Waals surface area contributed by atoms with Gasteiger partial charge in [0.15, 0.2) is 5.65 Å². The molecule has 2 aromatic carbocycles. The van der Waals surface area contributed by atoms with Crippen LogP contribution in [0.15, 0.2) is 60.8 Å². The molecule has 5 rings (SSSR count). The van der Waals surface area contributed by atoms with Crippen LogP contribution in [0.5, 0.6) is 0 Å². The van der Waals surface area contributed by atoms with Crippen LogP contribution in [0.3, 0.4) is 0 Å². The zero-order chi connectivity index (χ0) is 23.2. The van der Waals surface area contributed by atoms with Crippen LogP contribution in [-0.2, 0) is 17.7 Å². The van der Waals surface area contributed by atoms with Gasteiger partial charge in [0.1, 0.15) is 5.82 Å². The number of rotatable bonds is 9. The molecule has 4 aromatic rings. The van der Waals surface area contributed by atoms with Crippen molar-refractivity contribution in [3.63, 3.8) is 0 Å². The number of nitrogens with one attached hydrogen (secondary N) is 2. The third-order valence-electron chi connectivity index (χ3n) is 5.85. The van der Waals surface area contributed by atoms with Crippen molar-refractivity contribution in [1.29, 1.82) is 0 Å². The van der Waals surface area contributed by atoms with E-state index in [0.717, 1.165) is 69.1 Å². The fraction of sp³-hybridized carbons (Fsp3) is 0.320. The zero-order valence-corrected chi connectivity index (χ0v) is 19.7. The van der Waals surface area contributed by atoms with Crippen molar-refractivity contribution in [3.05, 3.63) is 71.4 Å². The van der Waals surface area contributed by atoms with Gasteiger partial charge in [0.25, 0.3) is 0 Å². The number of ether oxygens (including phenoxy) is 1. The average Bonchev–Trinajstić information content (AvgIpc) is 3.27. The van der Waals surface area contributed by atoms with Crippen LogP contribution in [0.4, 0.5) is 17.5 Å². The lowest BCUT2D eigenvalue weighted by Gasteiger charge is -2.26. The van der Waals surface area contributed by atoms with Gasteiger partial charge in [0.05, 0.1) is 24.8 Å². The average molecular weight is 478 g/mol. The summed E-state index contributed by atoms with van der Waals surface area (Å²) in [6, 6.07) is 18.0. The summed E-state index contributed by atoms with van der Waals surface area (Å²) in [5, 5.41) is 13.0. The van der Waals surface area contributed by atoms with E-state index in [2.05, 4.69) is 44.9 Å². The van der Waals surface area contributed by atoms with E-state index in [-0.39, 0.29) is 0 Å². The number of hydrogen-bond acceptors (Lipinski definition) is 7. The Labute approximate surface area is 203 Å². The quantitative estimate of drug-likeness (QED) is 0.373. The number of nitrogens with zero attached hydrogens (tertiary/aromatic N) is 5. The van der Waals surface area contributed by atoms with Crippen LogP contribution < -0.4 is 10.6 Å². The molecule has 2 N–H and O–H groups in total. The van der Waals surface area contributed by atoms with Gasteiger partial charge in [0, 0.05) is 43.4 Å². The summed E-state index contributed by atoms with van der Waals surface area (Å²) in [4.78, 5) is 12.0. The lowest BCUT2D eigenvalue weighted by atomic mass is 10.1. The second-order valence-corrected chi connectivity index (χ2v) is 8.69. The number of hydrogen-bond donors (Lipinski definition) is 2. The lowest BCUT2D eigenvalue weighted by molar-refractivity contribution is 0.0398. The monoisotopic (exact) mass is 477 g/mol. The summed E-state index contributed by atoms with van der Waals surface area (Å²) < 4.78 is 7.38. The van der Waals surface area contributed by atoms with Crippen molar-refractivity contribution in [1.82, 2.24) is 24.6 Å². The summed E-state index contributed by atoms with van der Waals surface area (Å²) in [5.74, 6) is 1.28. The molecule has 1 saturated heterocycles. The van der Waals surface area contributed by atoms with E-state index in [4.69, 9.17) is 26.3 Å². The molecule has 1 aliphatic heterocycles. The van der Waals surface area contributed by atoms with Gasteiger partial charge in [-0.05, 0) is 30.2 Å². The molecule has 176 valence electrons. The molecule has 2 aromatic heterocycles. The predicted molar refractivity (Wildman–Crippen MR) is 136 cm³/mol. The summed E-state index contributed by atoms with van der Waals surface area (Å²) in [7, 11) is 0. The number of benzene rings is 2. The van der Waals surface area contributed by atoms with Crippen molar-refractivity contribution >= 4 is 40.1 Å². The Morgan fingerprint density at radius 1 is 0.971 bits per heavy atom. The number of halogens is 1. The second-order valence-electron chi connectivity index (χ2n) is 8.25. The van der Waals surface area contributed by atoms with Crippen LogP contribution in [0.1, 0.15) is 5.56 Å². The van der Waals surface area contributed by atoms with Crippen molar-refractivity contribution in [2.45, 2.75) is 13.0 Å². The number of morpholine rings is 1. The Morgan fingerprint density at radius 3 is 2.65 bits per heavy atom. The van der Waals surface area contributed by atoms with Crippen LogP contribution in [-0.4, -0.2) is 64.0 Å². The standard InChI is InChI=1S/C25H28ClN7O/c26-20-7-4-8-21(17-20)29-23-22-18-28-33(11-9-19-5-2-1-3-6-19)24(22)31-25(30-23)27-10-12-32-13-15-34-16-14-32/h1-8,17-18H,9-16H2,(H2,27,29,30,31). The minimum atomic E-state index is 0.576. The first-order valence-corrected chi connectivity index (χ1v) is 12.0. The van der Waals surface area contributed by atoms with Gasteiger partial charge in [-0.25, -0.2) is 4.68 Å². The minimum Gasteiger partial charge on any atom is -0.379 e. The molecule has 9 heteroatoms. The first-order valence-electron chi connectivity index (χ1n) is 11.6. The molecular formula is C25H28ClN7O. The molecule has 0 spiro atoms. The molecule has 0 aliphatic carbocycles. The van der Waals surface area contributed by atoms with Gasteiger partial charge < -0.3 is 15.4 Å². The van der Waals surface area contributed by atoms with Gasteiger partial charge in [-0.2, -0.15) is 15.1 Å². The minimum absolute atomic E-state index is 0.576. The maximum atomic E-state index is 6.19. The highest BCUT2D eigenvalue weighted by Crippen LogP contribution is 2.26. The molecule has 1 aliphatic rings. The topological polar surface area (TPSA) is 80.1 Å². The van der Waals surface area contributed by atoms with Crippen molar-refractivity contribution < 1.29 is 4.74 Å². The van der Waals surface area contributed by atoms with Crippen molar-refractivity contribution in [2.24, 2.45) is 0 Å². The lowest BCUT2D eigenvalue weighted by Crippen LogP contribution is -2.39. The second kappa shape index (κ2) is 10.8. The number of aromatic nitrogens is 4. The molecular weight excluding hydrogens is 450 g/mol. The van der Waals surface area contributed by atoms with E-state index in [1.165, 1.54) is 5.56 Å². The van der Waals surface area contributed by atoms with E-state index in [0.29, 0.717) is 16.8 Å². The van der Waals surface area contributed by atoms with Gasteiger partial charge >= 0.3 is 0 Å². The Bertz CT molecular complexity index is 1220. The van der Waals surface area contributed by atoms with Gasteiger partial charge in [0.2, 0.25) is 5.95 Å². The Kier molecular flexibility index (Phi) is 7.19. The Balaban J connectivity index is 1.39. The number of fused-ring (bicyclic) bond motifs is 1. The Morgan fingerprint density at radius 2 is 1.82 bits per heavy atom. The number of aryl methyl sites for hydroxylation is 2. The van der Waals surface area contributed by atoms with Crippen LogP contribution >= 0.6 is 11.6 Å². The van der Waals surface area contributed by atoms with Crippen LogP contribution in [0, 0.1) is 0 Å². The molecule has 1 fully saturated rings. The summed E-state index contributed by atoms with van der Waals surface area (Å²) >= 11 is 6.19. The largest absolute Gasteiger partial charge is 0.379 e. The normalized spacial score (nSPS) is 14.4. The van der Waals surface area contributed by atoms with Gasteiger partial charge in [-0.15, -0.1) is 0 Å². The fourth-order valence-electron chi connectivity index (χ4n) is 4.03. The fourth-order valence-corrected chi connectivity index (χ4v) is 4.22. The van der Waals surface area contributed by atoms with Gasteiger partial charge in [-0.1, -0.05) is 48.0 Å². The van der Waals surface area contributed by atoms with Crippen molar-refractivity contribution in [3.8, 4) is 0 Å². The SMILES string of the molecule is Clc1cccc(Nc2nc(NCCN3CCOCC3)nc3c2cnn3CCc2ccccc2)c1. The highest BCUT2D eigenvalue weighted by molar-refractivity contribution is 6.30. The van der Waals surface area contributed by atoms with E-state index in [1.807, 2.05) is 41.2 Å². The molecule has 34 heavy (non-hydrogen) atoms. The van der Waals surface area contributed by atoms with Crippen LogP contribution in [0.2, 0.25) is 5.02 Å². The first-order chi connectivity index (χ1) is 16.7. The van der Waals surface area contributed by atoms with E-state index in [1.54, 1.807) is 0 Å². The smallest absolute Gasteiger partial charge is 0.226 e. The third-order valence-corrected chi connectivity index (χ3v) is 6.09. The molecule has 0 bridgehead atoms. The van der Waals surface area contributed by atoms with Gasteiger partial charge in [-0.3, -0.25) is 4.90 Å². The first kappa shape index (κ1) is 22.6. The molecule has 0 radical (unpaired) electrons. The van der Waals surface area contributed by atoms with E-state index < -0.39 is 0 Å². The molecule has 3 heterocycles. The molecule has 0 amide bonds. The molecule has 8 nitrogen and oxygen atoms in total. The third kappa shape index (κ3) is 5.64. The van der Waals surface area contributed by atoms with E-state index in [9.17, 15) is 0 Å². The molecule has 0 unspecified atom stereocenters. The predicted octanol–water partition coefficient (Wildman–Crippen LogP) is 4.21. The summed E-state index contributed by atoms with van der Waals surface area (Å²) in [6.45, 7) is 5.88.